The van der Waals surface area contributed by atoms with E-state index in [0.717, 1.165) is 0 Å². The van der Waals surface area contributed by atoms with Crippen molar-refractivity contribution in [3.05, 3.63) is 0 Å². The molecular weight excluding hydrogens is 178 g/mol. The first-order valence-corrected chi connectivity index (χ1v) is 2.70. The number of rotatable bonds is 0. The molecule has 0 unspecified atom stereocenters. The average Bonchev–Trinajstić information content (AvgIpc) is 1.69. The minimum atomic E-state index is -1.48. The van der Waals surface area contributed by atoms with Crippen LogP contribution >= 0.6 is 35.1 Å². The molecule has 0 radical (unpaired) electrons. The second-order valence-corrected chi connectivity index (χ2v) is 1.41. The largest absolute Gasteiger partial charge is 0.524 e. The van der Waals surface area contributed by atoms with E-state index < -0.39 is 6.16 Å². The molecule has 0 fully saturated rings. The van der Waals surface area contributed by atoms with Crippen molar-refractivity contribution in [2.45, 2.75) is 0 Å². The van der Waals surface area contributed by atoms with Gasteiger partial charge >= 0.3 is 6.16 Å². The monoisotopic (exact) mass is 180 g/mol. The highest BCUT2D eigenvalue weighted by molar-refractivity contribution is 6.40. The van der Waals surface area contributed by atoms with Crippen molar-refractivity contribution in [1.29, 1.82) is 0 Å². The lowest BCUT2D eigenvalue weighted by Crippen LogP contribution is -1.85. The predicted molar refractivity (Wildman–Crippen MR) is 31.5 cm³/mol. The van der Waals surface area contributed by atoms with Crippen LogP contribution in [0.4, 0.5) is 4.79 Å². The average molecular weight is 181 g/mol. The Kier molecular flexibility index (Phi) is 14.0. The molecule has 0 bridgehead atoms. The lowest BCUT2D eigenvalue weighted by atomic mass is 11.5. The molecule has 0 amide bonds. The van der Waals surface area contributed by atoms with Crippen LogP contribution in [0.3, 0.4) is 0 Å². The third-order valence-electron chi connectivity index (χ3n) is 0.0660. The molecule has 50 valence electrons. The second-order valence-electron chi connectivity index (χ2n) is 0.444. The highest BCUT2D eigenvalue weighted by Gasteiger charge is 1.84. The minimum Gasteiger partial charge on any atom is -0.449 e. The van der Waals surface area contributed by atoms with Crippen molar-refractivity contribution in [1.82, 2.24) is 0 Å². The molecule has 0 aliphatic rings. The summed E-state index contributed by atoms with van der Waals surface area (Å²) >= 11 is 13.8. The molecule has 6 heteroatoms. The van der Waals surface area contributed by atoms with Crippen LogP contribution in [-0.4, -0.2) is 16.6 Å². The summed E-state index contributed by atoms with van der Waals surface area (Å²) in [5, 5.41) is 7.56. The van der Waals surface area contributed by atoms with Crippen molar-refractivity contribution in [2.75, 3.05) is 5.34 Å². The van der Waals surface area contributed by atoms with Gasteiger partial charge in [0.1, 0.15) is 11.9 Å². The van der Waals surface area contributed by atoms with Crippen LogP contribution in [0.5, 0.6) is 0 Å². The van der Waals surface area contributed by atoms with Gasteiger partial charge in [-0.15, -0.1) is 23.2 Å². The van der Waals surface area contributed by atoms with Crippen molar-refractivity contribution < 1.29 is 14.2 Å². The molecule has 0 heterocycles. The Morgan fingerprint density at radius 1 is 1.62 bits per heavy atom. The van der Waals surface area contributed by atoms with Gasteiger partial charge in [0.2, 0.25) is 0 Å². The highest BCUT2D eigenvalue weighted by Crippen LogP contribution is 1.75. The summed E-state index contributed by atoms with van der Waals surface area (Å²) < 4.78 is 3.14. The third-order valence-corrected chi connectivity index (χ3v) is 0.198. The van der Waals surface area contributed by atoms with E-state index in [0.29, 0.717) is 0 Å². The topological polar surface area (TPSA) is 46.5 Å². The molecule has 0 aliphatic heterocycles. The zero-order valence-corrected chi connectivity index (χ0v) is 5.87. The van der Waals surface area contributed by atoms with Gasteiger partial charge in [-0.25, -0.2) is 4.79 Å². The fraction of sp³-hybridized carbons (Fsp3) is 0.500. The second kappa shape index (κ2) is 10.2. The van der Waals surface area contributed by atoms with Crippen LogP contribution in [0.2, 0.25) is 0 Å². The Hall–Kier alpha value is 0.140. The Morgan fingerprint density at radius 3 is 1.75 bits per heavy atom. The lowest BCUT2D eigenvalue weighted by molar-refractivity contribution is 0.149. The quantitative estimate of drug-likeness (QED) is 0.583. The Morgan fingerprint density at radius 2 is 1.75 bits per heavy atom. The summed E-state index contributed by atoms with van der Waals surface area (Å²) in [6, 6.07) is 0. The molecule has 0 aromatic heterocycles. The van der Waals surface area contributed by atoms with Gasteiger partial charge in [0, 0.05) is 0 Å². The molecule has 3 nitrogen and oxygen atoms in total. The van der Waals surface area contributed by atoms with Gasteiger partial charge in [0.25, 0.3) is 0 Å². The molecule has 0 aliphatic carbocycles. The van der Waals surface area contributed by atoms with E-state index in [1.807, 2.05) is 0 Å². The number of carbonyl (C=O) groups is 1. The fourth-order valence-electron chi connectivity index (χ4n) is 0. The Labute approximate surface area is 61.3 Å². The van der Waals surface area contributed by atoms with Gasteiger partial charge in [-0.2, -0.15) is 0 Å². The Bertz CT molecular complexity index is 56.5. The van der Waals surface area contributed by atoms with E-state index >= 15 is 0 Å². The molecule has 1 N–H and O–H groups in total. The van der Waals surface area contributed by atoms with Crippen LogP contribution in [-0.2, 0) is 4.29 Å². The maximum absolute atomic E-state index is 9.01. The number of hydrogen-bond donors (Lipinski definition) is 1. The summed E-state index contributed by atoms with van der Waals surface area (Å²) in [6.45, 7) is 0. The van der Waals surface area contributed by atoms with Gasteiger partial charge in [-0.3, -0.25) is 0 Å². The molecule has 0 rings (SSSR count). The van der Waals surface area contributed by atoms with Crippen molar-refractivity contribution >= 4 is 41.2 Å². The van der Waals surface area contributed by atoms with E-state index in [1.165, 1.54) is 0 Å². The van der Waals surface area contributed by atoms with E-state index in [4.69, 9.17) is 33.1 Å². The van der Waals surface area contributed by atoms with E-state index in [1.54, 1.807) is 0 Å². The molecule has 0 saturated carbocycles. The SMILES string of the molecule is ClCCl.O=C(O)OCl. The standard InChI is InChI=1S/CH2Cl2.CHClO3/c2-1-3;2-5-1(3)4/h1H2;(H,3,4). The van der Waals surface area contributed by atoms with Crippen LogP contribution in [0.15, 0.2) is 0 Å². The maximum Gasteiger partial charge on any atom is 0.524 e. The molecule has 0 aromatic carbocycles. The molecule has 8 heavy (non-hydrogen) atoms. The first-order chi connectivity index (χ1) is 3.68. The van der Waals surface area contributed by atoms with E-state index in [-0.39, 0.29) is 5.34 Å². The number of alkyl halides is 2. The van der Waals surface area contributed by atoms with Crippen molar-refractivity contribution in [2.24, 2.45) is 0 Å². The normalized spacial score (nSPS) is 6.38. The zero-order chi connectivity index (χ0) is 6.99. The number of hydrogen-bond acceptors (Lipinski definition) is 2. The lowest BCUT2D eigenvalue weighted by Gasteiger charge is -1.73. The minimum absolute atomic E-state index is 0.194. The summed E-state index contributed by atoms with van der Waals surface area (Å²) in [6.07, 6.45) is -1.48. The number of carboxylic acid groups (broad SMARTS) is 1. The van der Waals surface area contributed by atoms with E-state index in [2.05, 4.69) is 16.2 Å². The molecule has 0 aromatic rings. The van der Waals surface area contributed by atoms with Crippen LogP contribution < -0.4 is 0 Å². The summed E-state index contributed by atoms with van der Waals surface area (Å²) in [7, 11) is 0. The van der Waals surface area contributed by atoms with Crippen molar-refractivity contribution in [3.63, 3.8) is 0 Å². The molecule has 0 atom stereocenters. The maximum atomic E-state index is 9.01. The van der Waals surface area contributed by atoms with Gasteiger partial charge in [-0.05, 0) is 0 Å². The van der Waals surface area contributed by atoms with Gasteiger partial charge in [-0.1, -0.05) is 0 Å². The molecular formula is C2H3Cl3O3. The van der Waals surface area contributed by atoms with Gasteiger partial charge in [0.05, 0.1) is 5.34 Å². The first-order valence-electron chi connectivity index (χ1n) is 1.32. The van der Waals surface area contributed by atoms with Crippen LogP contribution in [0.25, 0.3) is 0 Å². The third kappa shape index (κ3) is 35.4. The van der Waals surface area contributed by atoms with Crippen LogP contribution in [0, 0.1) is 0 Å². The van der Waals surface area contributed by atoms with Gasteiger partial charge in [0.15, 0.2) is 0 Å². The summed E-state index contributed by atoms with van der Waals surface area (Å²) in [5.74, 6) is 0. The smallest absolute Gasteiger partial charge is 0.449 e. The van der Waals surface area contributed by atoms with E-state index in [9.17, 15) is 0 Å². The van der Waals surface area contributed by atoms with Crippen LogP contribution in [0.1, 0.15) is 0 Å². The highest BCUT2D eigenvalue weighted by atomic mass is 35.5. The molecule has 0 saturated heterocycles. The zero-order valence-electron chi connectivity index (χ0n) is 3.60. The summed E-state index contributed by atoms with van der Waals surface area (Å²) in [4.78, 5) is 9.01. The number of halogens is 3. The van der Waals surface area contributed by atoms with Crippen molar-refractivity contribution in [3.8, 4) is 0 Å². The predicted octanol–water partition coefficient (Wildman–Crippen LogP) is 2.26. The Balaban J connectivity index is 0. The first kappa shape index (κ1) is 11.0. The summed E-state index contributed by atoms with van der Waals surface area (Å²) in [5.41, 5.74) is 0. The fourth-order valence-corrected chi connectivity index (χ4v) is 0. The van der Waals surface area contributed by atoms with Gasteiger partial charge < -0.3 is 9.40 Å². The molecule has 0 spiro atoms.